The summed E-state index contributed by atoms with van der Waals surface area (Å²) in [5.74, 6) is 1.96. The maximum atomic E-state index is 5.80. The highest BCUT2D eigenvalue weighted by molar-refractivity contribution is 6.17. The predicted molar refractivity (Wildman–Crippen MR) is 78.2 cm³/mol. The molecule has 0 spiro atoms. The van der Waals surface area contributed by atoms with Crippen LogP contribution in [0.3, 0.4) is 0 Å². The van der Waals surface area contributed by atoms with E-state index in [4.69, 9.17) is 21.1 Å². The van der Waals surface area contributed by atoms with Crippen molar-refractivity contribution in [3.05, 3.63) is 59.7 Å². The van der Waals surface area contributed by atoms with Crippen LogP contribution in [0.2, 0.25) is 0 Å². The maximum absolute atomic E-state index is 5.80. The Morgan fingerprint density at radius 2 is 1.74 bits per heavy atom. The summed E-state index contributed by atoms with van der Waals surface area (Å²) in [6, 6.07) is 16.0. The van der Waals surface area contributed by atoms with Crippen LogP contribution in [0.5, 0.6) is 11.5 Å². The molecule has 0 heterocycles. The van der Waals surface area contributed by atoms with Gasteiger partial charge in [0, 0.05) is 12.3 Å². The number of hydrogen-bond donors (Lipinski definition) is 0. The van der Waals surface area contributed by atoms with Gasteiger partial charge in [0.15, 0.2) is 11.5 Å². The van der Waals surface area contributed by atoms with Crippen LogP contribution in [0.4, 0.5) is 0 Å². The molecule has 0 radical (unpaired) electrons. The van der Waals surface area contributed by atoms with E-state index in [2.05, 4.69) is 12.1 Å². The SMILES string of the molecule is COc1cc(CCl)ccc1OCCc1ccccc1. The summed E-state index contributed by atoms with van der Waals surface area (Å²) >= 11 is 5.80. The molecular weight excluding hydrogens is 260 g/mol. The van der Waals surface area contributed by atoms with Gasteiger partial charge >= 0.3 is 0 Å². The molecule has 2 rings (SSSR count). The normalized spacial score (nSPS) is 10.2. The van der Waals surface area contributed by atoms with E-state index in [0.717, 1.165) is 23.5 Å². The third-order valence-corrected chi connectivity index (χ3v) is 3.18. The van der Waals surface area contributed by atoms with E-state index in [-0.39, 0.29) is 0 Å². The molecule has 0 saturated carbocycles. The fourth-order valence-electron chi connectivity index (χ4n) is 1.84. The first-order valence-electron chi connectivity index (χ1n) is 6.23. The summed E-state index contributed by atoms with van der Waals surface area (Å²) in [6.45, 7) is 0.626. The van der Waals surface area contributed by atoms with E-state index in [9.17, 15) is 0 Å². The molecule has 3 heteroatoms. The number of benzene rings is 2. The van der Waals surface area contributed by atoms with Gasteiger partial charge in [0.1, 0.15) is 0 Å². The number of halogens is 1. The molecule has 0 fully saturated rings. The minimum Gasteiger partial charge on any atom is -0.493 e. The molecule has 0 saturated heterocycles. The predicted octanol–water partition coefficient (Wildman–Crippen LogP) is 4.06. The Balaban J connectivity index is 1.96. The largest absolute Gasteiger partial charge is 0.493 e. The molecule has 0 aromatic heterocycles. The van der Waals surface area contributed by atoms with Gasteiger partial charge in [-0.25, -0.2) is 0 Å². The zero-order valence-corrected chi connectivity index (χ0v) is 11.7. The topological polar surface area (TPSA) is 18.5 Å². The minimum atomic E-state index is 0.473. The molecule has 2 aromatic carbocycles. The van der Waals surface area contributed by atoms with Gasteiger partial charge in [0.2, 0.25) is 0 Å². The van der Waals surface area contributed by atoms with Crippen LogP contribution >= 0.6 is 11.6 Å². The lowest BCUT2D eigenvalue weighted by Gasteiger charge is -2.11. The monoisotopic (exact) mass is 276 g/mol. The van der Waals surface area contributed by atoms with Crippen molar-refractivity contribution in [1.82, 2.24) is 0 Å². The smallest absolute Gasteiger partial charge is 0.161 e. The van der Waals surface area contributed by atoms with E-state index < -0.39 is 0 Å². The fraction of sp³-hybridized carbons (Fsp3) is 0.250. The first-order chi connectivity index (χ1) is 9.33. The lowest BCUT2D eigenvalue weighted by Crippen LogP contribution is -2.02. The van der Waals surface area contributed by atoms with Gasteiger partial charge in [-0.3, -0.25) is 0 Å². The van der Waals surface area contributed by atoms with Crippen molar-refractivity contribution in [2.45, 2.75) is 12.3 Å². The Bertz CT molecular complexity index is 511. The fourth-order valence-corrected chi connectivity index (χ4v) is 2.00. The summed E-state index contributed by atoms with van der Waals surface area (Å²) in [7, 11) is 1.64. The highest BCUT2D eigenvalue weighted by atomic mass is 35.5. The third-order valence-electron chi connectivity index (χ3n) is 2.87. The highest BCUT2D eigenvalue weighted by Crippen LogP contribution is 2.28. The van der Waals surface area contributed by atoms with Gasteiger partial charge < -0.3 is 9.47 Å². The van der Waals surface area contributed by atoms with Crippen LogP contribution in [0.25, 0.3) is 0 Å². The highest BCUT2D eigenvalue weighted by Gasteiger charge is 2.05. The van der Waals surface area contributed by atoms with Gasteiger partial charge in [-0.15, -0.1) is 11.6 Å². The Labute approximate surface area is 118 Å². The van der Waals surface area contributed by atoms with E-state index in [1.807, 2.05) is 36.4 Å². The maximum Gasteiger partial charge on any atom is 0.161 e. The lowest BCUT2D eigenvalue weighted by molar-refractivity contribution is 0.297. The minimum absolute atomic E-state index is 0.473. The van der Waals surface area contributed by atoms with Crippen LogP contribution in [-0.4, -0.2) is 13.7 Å². The van der Waals surface area contributed by atoms with Crippen molar-refractivity contribution >= 4 is 11.6 Å². The van der Waals surface area contributed by atoms with Crippen molar-refractivity contribution in [3.63, 3.8) is 0 Å². The van der Waals surface area contributed by atoms with Crippen LogP contribution in [0, 0.1) is 0 Å². The van der Waals surface area contributed by atoms with Gasteiger partial charge in [-0.05, 0) is 23.3 Å². The summed E-state index contributed by atoms with van der Waals surface area (Å²) in [5.41, 5.74) is 2.28. The van der Waals surface area contributed by atoms with E-state index >= 15 is 0 Å². The van der Waals surface area contributed by atoms with Crippen LogP contribution < -0.4 is 9.47 Å². The van der Waals surface area contributed by atoms with Crippen molar-refractivity contribution in [1.29, 1.82) is 0 Å². The van der Waals surface area contributed by atoms with Crippen LogP contribution in [0.15, 0.2) is 48.5 Å². The van der Waals surface area contributed by atoms with Crippen molar-refractivity contribution in [2.24, 2.45) is 0 Å². The standard InChI is InChI=1S/C16H17ClO2/c1-18-16-11-14(12-17)7-8-15(16)19-10-9-13-5-3-2-4-6-13/h2-8,11H,9-10,12H2,1H3. The third kappa shape index (κ3) is 3.90. The number of ether oxygens (including phenoxy) is 2. The quantitative estimate of drug-likeness (QED) is 0.741. The van der Waals surface area contributed by atoms with Gasteiger partial charge in [-0.2, -0.15) is 0 Å². The summed E-state index contributed by atoms with van der Waals surface area (Å²) in [5, 5.41) is 0. The van der Waals surface area contributed by atoms with E-state index in [1.54, 1.807) is 7.11 Å². The first kappa shape index (κ1) is 13.8. The molecule has 2 nitrogen and oxygen atoms in total. The second kappa shape index (κ2) is 7.05. The zero-order valence-electron chi connectivity index (χ0n) is 10.9. The Morgan fingerprint density at radius 1 is 0.947 bits per heavy atom. The van der Waals surface area contributed by atoms with Crippen LogP contribution in [-0.2, 0) is 12.3 Å². The second-order valence-electron chi connectivity index (χ2n) is 4.20. The molecule has 0 aliphatic carbocycles. The molecular formula is C16H17ClO2. The van der Waals surface area contributed by atoms with Crippen molar-refractivity contribution < 1.29 is 9.47 Å². The van der Waals surface area contributed by atoms with Gasteiger partial charge in [0.25, 0.3) is 0 Å². The van der Waals surface area contributed by atoms with Crippen molar-refractivity contribution in [3.8, 4) is 11.5 Å². The van der Waals surface area contributed by atoms with Gasteiger partial charge in [0.05, 0.1) is 13.7 Å². The number of alkyl halides is 1. The molecule has 0 aliphatic rings. The Kier molecular flexibility index (Phi) is 5.10. The van der Waals surface area contributed by atoms with Crippen LogP contribution in [0.1, 0.15) is 11.1 Å². The molecule has 0 atom stereocenters. The lowest BCUT2D eigenvalue weighted by atomic mass is 10.2. The zero-order chi connectivity index (χ0) is 13.5. The summed E-state index contributed by atoms with van der Waals surface area (Å²) < 4.78 is 11.1. The molecule has 0 amide bonds. The molecule has 2 aromatic rings. The van der Waals surface area contributed by atoms with E-state index in [0.29, 0.717) is 12.5 Å². The molecule has 19 heavy (non-hydrogen) atoms. The Morgan fingerprint density at radius 3 is 2.42 bits per heavy atom. The number of rotatable bonds is 6. The number of methoxy groups -OCH3 is 1. The van der Waals surface area contributed by atoms with Gasteiger partial charge in [-0.1, -0.05) is 36.4 Å². The molecule has 0 unspecified atom stereocenters. The van der Waals surface area contributed by atoms with Crippen molar-refractivity contribution in [2.75, 3.05) is 13.7 Å². The first-order valence-corrected chi connectivity index (χ1v) is 6.76. The summed E-state index contributed by atoms with van der Waals surface area (Å²) in [6.07, 6.45) is 0.876. The molecule has 0 N–H and O–H groups in total. The number of hydrogen-bond acceptors (Lipinski definition) is 2. The van der Waals surface area contributed by atoms with E-state index in [1.165, 1.54) is 5.56 Å². The second-order valence-corrected chi connectivity index (χ2v) is 4.47. The average Bonchev–Trinajstić information content (AvgIpc) is 2.48. The summed E-state index contributed by atoms with van der Waals surface area (Å²) in [4.78, 5) is 0. The Hall–Kier alpha value is -1.67. The average molecular weight is 277 g/mol. The molecule has 0 aliphatic heterocycles. The molecule has 0 bridgehead atoms. The molecule has 100 valence electrons.